The highest BCUT2D eigenvalue weighted by atomic mass is 16.2. The van der Waals surface area contributed by atoms with Crippen molar-refractivity contribution in [3.8, 4) is 0 Å². The molecule has 1 atom stereocenters. The number of anilines is 1. The molecule has 2 N–H and O–H groups in total. The summed E-state index contributed by atoms with van der Waals surface area (Å²) < 4.78 is 0. The Morgan fingerprint density at radius 3 is 2.74 bits per heavy atom. The van der Waals surface area contributed by atoms with Crippen molar-refractivity contribution < 1.29 is 19.2 Å². The molecular formula is C26H24N4O4. The van der Waals surface area contributed by atoms with Crippen molar-refractivity contribution in [1.82, 2.24) is 15.1 Å². The quantitative estimate of drug-likeness (QED) is 0.692. The fourth-order valence-corrected chi connectivity index (χ4v) is 4.65. The maximum atomic E-state index is 13.3. The second-order valence-electron chi connectivity index (χ2n) is 8.61. The van der Waals surface area contributed by atoms with Crippen molar-refractivity contribution >= 4 is 40.2 Å². The molecule has 0 bridgehead atoms. The lowest BCUT2D eigenvalue weighted by molar-refractivity contribution is -0.136. The van der Waals surface area contributed by atoms with E-state index < -0.39 is 18.0 Å². The number of likely N-dealkylation sites (N-methyl/N-ethyl adjacent to an activating group) is 1. The Morgan fingerprint density at radius 1 is 1.12 bits per heavy atom. The predicted octanol–water partition coefficient (Wildman–Crippen LogP) is 3.09. The van der Waals surface area contributed by atoms with Crippen LogP contribution in [-0.4, -0.2) is 53.2 Å². The fourth-order valence-electron chi connectivity index (χ4n) is 4.65. The van der Waals surface area contributed by atoms with E-state index in [9.17, 15) is 19.2 Å². The average molecular weight is 457 g/mol. The van der Waals surface area contributed by atoms with Gasteiger partial charge in [-0.3, -0.25) is 24.6 Å². The van der Waals surface area contributed by atoms with Gasteiger partial charge in [0.05, 0.1) is 5.69 Å². The smallest absolute Gasteiger partial charge is 0.328 e. The van der Waals surface area contributed by atoms with E-state index in [0.29, 0.717) is 30.6 Å². The summed E-state index contributed by atoms with van der Waals surface area (Å²) in [4.78, 5) is 53.0. The number of rotatable bonds is 3. The first kappa shape index (κ1) is 21.6. The SMILES string of the molecule is CN(C(=O)Nc1cccc2ccccc12)C(=O)C1=C2CN(C3CCC(=O)NC3=O)C=C2CC=C1. The van der Waals surface area contributed by atoms with Gasteiger partial charge in [0.2, 0.25) is 11.8 Å². The minimum atomic E-state index is -0.529. The Bertz CT molecular complexity index is 1320. The first-order valence-electron chi connectivity index (χ1n) is 11.2. The van der Waals surface area contributed by atoms with Gasteiger partial charge in [0, 0.05) is 37.2 Å². The maximum Gasteiger partial charge on any atom is 0.328 e. The molecule has 2 heterocycles. The van der Waals surface area contributed by atoms with Crippen LogP contribution in [0.5, 0.6) is 0 Å². The fraction of sp³-hybridized carbons (Fsp3) is 0.231. The van der Waals surface area contributed by atoms with Crippen molar-refractivity contribution in [1.29, 1.82) is 0 Å². The second kappa shape index (κ2) is 8.62. The lowest BCUT2D eigenvalue weighted by Crippen LogP contribution is -2.50. The Hall–Kier alpha value is -4.20. The van der Waals surface area contributed by atoms with E-state index in [2.05, 4.69) is 10.6 Å². The van der Waals surface area contributed by atoms with Crippen LogP contribution in [0, 0.1) is 0 Å². The largest absolute Gasteiger partial charge is 0.361 e. The van der Waals surface area contributed by atoms with E-state index in [1.807, 2.05) is 53.6 Å². The molecule has 1 unspecified atom stereocenters. The molecule has 34 heavy (non-hydrogen) atoms. The van der Waals surface area contributed by atoms with Gasteiger partial charge in [0.15, 0.2) is 0 Å². The zero-order valence-electron chi connectivity index (χ0n) is 18.7. The zero-order chi connectivity index (χ0) is 23.8. The van der Waals surface area contributed by atoms with Crippen molar-refractivity contribution in [2.24, 2.45) is 0 Å². The molecule has 172 valence electrons. The van der Waals surface area contributed by atoms with E-state index in [1.54, 1.807) is 12.1 Å². The van der Waals surface area contributed by atoms with Crippen LogP contribution in [-0.2, 0) is 14.4 Å². The van der Waals surface area contributed by atoms with Gasteiger partial charge in [-0.05, 0) is 35.4 Å². The normalized spacial score (nSPS) is 19.6. The summed E-state index contributed by atoms with van der Waals surface area (Å²) in [7, 11) is 1.45. The number of imide groups is 2. The number of hydrogen-bond acceptors (Lipinski definition) is 5. The van der Waals surface area contributed by atoms with Gasteiger partial charge in [0.25, 0.3) is 5.91 Å². The highest BCUT2D eigenvalue weighted by molar-refractivity contribution is 6.11. The van der Waals surface area contributed by atoms with Gasteiger partial charge >= 0.3 is 6.03 Å². The van der Waals surface area contributed by atoms with Crippen LogP contribution in [0.1, 0.15) is 19.3 Å². The summed E-state index contributed by atoms with van der Waals surface area (Å²) in [5.74, 6) is -0.999. The molecular weight excluding hydrogens is 432 g/mol. The Morgan fingerprint density at radius 2 is 1.91 bits per heavy atom. The van der Waals surface area contributed by atoms with Gasteiger partial charge in [0.1, 0.15) is 6.04 Å². The van der Waals surface area contributed by atoms with Crippen LogP contribution in [0.15, 0.2) is 77.5 Å². The van der Waals surface area contributed by atoms with Gasteiger partial charge in [-0.15, -0.1) is 0 Å². The molecule has 2 aliphatic heterocycles. The highest BCUT2D eigenvalue weighted by Gasteiger charge is 2.36. The molecule has 2 aromatic carbocycles. The molecule has 3 aliphatic rings. The Labute approximate surface area is 196 Å². The monoisotopic (exact) mass is 456 g/mol. The molecule has 1 fully saturated rings. The van der Waals surface area contributed by atoms with Gasteiger partial charge in [-0.1, -0.05) is 48.6 Å². The predicted molar refractivity (Wildman–Crippen MR) is 127 cm³/mol. The number of fused-ring (bicyclic) bond motifs is 2. The highest BCUT2D eigenvalue weighted by Crippen LogP contribution is 2.34. The zero-order valence-corrected chi connectivity index (χ0v) is 18.7. The topological polar surface area (TPSA) is 98.8 Å². The van der Waals surface area contributed by atoms with Gasteiger partial charge < -0.3 is 10.2 Å². The standard InChI is InChI=1S/C26H24N4O4/c1-29(26(34)27-21-11-5-7-16-6-2-3-9-18(16)21)25(33)19-10-4-8-17-14-30(15-20(17)19)22-12-13-23(31)28-24(22)32/h2-7,9-11,14,22H,8,12-13,15H2,1H3,(H,27,34)(H,28,31,32). The Kier molecular flexibility index (Phi) is 5.49. The lowest BCUT2D eigenvalue weighted by atomic mass is 9.94. The molecule has 5 rings (SSSR count). The van der Waals surface area contributed by atoms with E-state index in [4.69, 9.17) is 0 Å². The number of piperidine rings is 1. The average Bonchev–Trinajstić information content (AvgIpc) is 3.27. The summed E-state index contributed by atoms with van der Waals surface area (Å²) in [6, 6.07) is 12.3. The van der Waals surface area contributed by atoms with Crippen LogP contribution < -0.4 is 10.6 Å². The van der Waals surface area contributed by atoms with Crippen molar-refractivity contribution in [3.63, 3.8) is 0 Å². The molecule has 0 spiro atoms. The van der Waals surface area contributed by atoms with Crippen molar-refractivity contribution in [2.75, 3.05) is 18.9 Å². The molecule has 8 heteroatoms. The summed E-state index contributed by atoms with van der Waals surface area (Å²) in [5, 5.41) is 7.10. The first-order valence-corrected chi connectivity index (χ1v) is 11.2. The van der Waals surface area contributed by atoms with E-state index in [-0.39, 0.29) is 18.2 Å². The molecule has 2 aromatic rings. The number of urea groups is 1. The van der Waals surface area contributed by atoms with Crippen LogP contribution in [0.3, 0.4) is 0 Å². The number of carbonyl (C=O) groups is 4. The molecule has 1 saturated heterocycles. The van der Waals surface area contributed by atoms with Crippen LogP contribution in [0.2, 0.25) is 0 Å². The van der Waals surface area contributed by atoms with Crippen LogP contribution in [0.25, 0.3) is 10.8 Å². The Balaban J connectivity index is 1.35. The number of nitrogens with zero attached hydrogens (tertiary/aromatic N) is 2. The molecule has 5 amide bonds. The minimum Gasteiger partial charge on any atom is -0.361 e. The van der Waals surface area contributed by atoms with E-state index in [0.717, 1.165) is 26.8 Å². The number of nitrogens with one attached hydrogen (secondary N) is 2. The van der Waals surface area contributed by atoms with Crippen molar-refractivity contribution in [3.05, 3.63) is 77.5 Å². The maximum absolute atomic E-state index is 13.3. The van der Waals surface area contributed by atoms with E-state index >= 15 is 0 Å². The first-order chi connectivity index (χ1) is 16.4. The third kappa shape index (κ3) is 3.87. The summed E-state index contributed by atoms with van der Waals surface area (Å²) >= 11 is 0. The second-order valence-corrected chi connectivity index (χ2v) is 8.61. The van der Waals surface area contributed by atoms with Crippen LogP contribution >= 0.6 is 0 Å². The summed E-state index contributed by atoms with van der Waals surface area (Å²) in [5.41, 5.74) is 2.81. The van der Waals surface area contributed by atoms with E-state index in [1.165, 1.54) is 7.05 Å². The van der Waals surface area contributed by atoms with Gasteiger partial charge in [-0.25, -0.2) is 4.79 Å². The third-order valence-electron chi connectivity index (χ3n) is 6.48. The minimum absolute atomic E-state index is 0.263. The summed E-state index contributed by atoms with van der Waals surface area (Å²) in [6.07, 6.45) is 6.88. The van der Waals surface area contributed by atoms with Gasteiger partial charge in [-0.2, -0.15) is 0 Å². The molecule has 0 saturated carbocycles. The molecule has 1 aliphatic carbocycles. The number of allylic oxidation sites excluding steroid dienone is 1. The lowest BCUT2D eigenvalue weighted by Gasteiger charge is -2.29. The number of benzene rings is 2. The molecule has 0 aromatic heterocycles. The number of carbonyl (C=O) groups excluding carboxylic acids is 4. The third-order valence-corrected chi connectivity index (χ3v) is 6.48. The van der Waals surface area contributed by atoms with Crippen LogP contribution in [0.4, 0.5) is 10.5 Å². The number of amides is 5. The molecule has 0 radical (unpaired) electrons. The number of hydrogen-bond donors (Lipinski definition) is 2. The summed E-state index contributed by atoms with van der Waals surface area (Å²) in [6.45, 7) is 0.381. The van der Waals surface area contributed by atoms with Crippen molar-refractivity contribution in [2.45, 2.75) is 25.3 Å². The molecule has 8 nitrogen and oxygen atoms in total.